The Hall–Kier alpha value is -2.48. The lowest BCUT2D eigenvalue weighted by Crippen LogP contribution is -3.08. The number of nitrogen functional groups attached to an aromatic ring is 2. The van der Waals surface area contributed by atoms with Crippen LogP contribution >= 0.6 is 0 Å². The van der Waals surface area contributed by atoms with Crippen molar-refractivity contribution >= 4 is 31.6 Å². The number of anilines is 2. The summed E-state index contributed by atoms with van der Waals surface area (Å²) in [5, 5.41) is 0. The molecular weight excluding hydrogens is 456 g/mol. The fourth-order valence-electron chi connectivity index (χ4n) is 2.18. The molecule has 0 amide bonds. The first kappa shape index (κ1) is 31.7. The van der Waals surface area contributed by atoms with E-state index in [1.165, 1.54) is 9.80 Å². The predicted octanol–water partition coefficient (Wildman–Crippen LogP) is -1.59. The van der Waals surface area contributed by atoms with Crippen molar-refractivity contribution in [2.24, 2.45) is 0 Å². The summed E-state index contributed by atoms with van der Waals surface area (Å²) in [7, 11) is -5.70. The lowest BCUT2D eigenvalue weighted by molar-refractivity contribution is -0.867. The van der Waals surface area contributed by atoms with E-state index in [0.717, 1.165) is 32.2 Å². The topological polar surface area (TPSA) is 175 Å². The number of hydrogen-bond donors (Lipinski definition) is 4. The fourth-order valence-corrected chi connectivity index (χ4v) is 3.47. The molecule has 0 aliphatic heterocycles. The van der Waals surface area contributed by atoms with Crippen LogP contribution in [-0.2, 0) is 20.2 Å². The summed E-state index contributed by atoms with van der Waals surface area (Å²) in [6.45, 7) is 18.6. The van der Waals surface area contributed by atoms with Gasteiger partial charge in [0.2, 0.25) is 0 Å². The number of benzene rings is 1. The predicted molar refractivity (Wildman–Crippen MR) is 125 cm³/mol. The van der Waals surface area contributed by atoms with Crippen LogP contribution in [-0.4, -0.2) is 66.2 Å². The quantitative estimate of drug-likeness (QED) is 0.172. The average molecular weight is 491 g/mol. The molecule has 6 N–H and O–H groups in total. The van der Waals surface area contributed by atoms with Crippen LogP contribution in [0.15, 0.2) is 72.5 Å². The molecule has 1 aromatic rings. The van der Waals surface area contributed by atoms with Crippen LogP contribution in [0.5, 0.6) is 0 Å². The monoisotopic (exact) mass is 490 g/mol. The smallest absolute Gasteiger partial charge is 0.126 e. The Morgan fingerprint density at radius 2 is 0.969 bits per heavy atom. The average Bonchev–Trinajstić information content (AvgIpc) is 2.61. The largest absolute Gasteiger partial charge is 0.744 e. The van der Waals surface area contributed by atoms with Gasteiger partial charge in [0.1, 0.15) is 20.2 Å². The SMILES string of the molecule is C=CC[NH+](C)CC=C.C=CC[NH+](C)CC=C.Nc1cc(N)c(S(=O)(=O)[O-])cc1S(=O)(=O)[O-]. The highest BCUT2D eigenvalue weighted by Crippen LogP contribution is 2.27. The Balaban J connectivity index is 0. The van der Waals surface area contributed by atoms with Crippen molar-refractivity contribution < 1.29 is 35.7 Å². The zero-order valence-electron chi connectivity index (χ0n) is 18.5. The second kappa shape index (κ2) is 15.3. The third kappa shape index (κ3) is 13.7. The van der Waals surface area contributed by atoms with Crippen molar-refractivity contribution in [3.63, 3.8) is 0 Å². The maximum absolute atomic E-state index is 10.7. The maximum atomic E-state index is 10.7. The molecule has 182 valence electrons. The van der Waals surface area contributed by atoms with Crippen molar-refractivity contribution in [1.82, 2.24) is 0 Å². The van der Waals surface area contributed by atoms with Crippen molar-refractivity contribution in [2.75, 3.05) is 51.7 Å². The van der Waals surface area contributed by atoms with E-state index in [1.807, 2.05) is 24.3 Å². The van der Waals surface area contributed by atoms with Crippen LogP contribution in [0, 0.1) is 0 Å². The van der Waals surface area contributed by atoms with Gasteiger partial charge in [-0.1, -0.05) is 26.3 Å². The minimum absolute atomic E-state index is 0.356. The van der Waals surface area contributed by atoms with Gasteiger partial charge in [-0.15, -0.1) is 0 Å². The highest BCUT2D eigenvalue weighted by Gasteiger charge is 2.14. The summed E-state index contributed by atoms with van der Waals surface area (Å²) in [6, 6.07) is 1.09. The summed E-state index contributed by atoms with van der Waals surface area (Å²) in [5.74, 6) is 0. The molecule has 1 rings (SSSR count). The van der Waals surface area contributed by atoms with Gasteiger partial charge in [-0.3, -0.25) is 0 Å². The minimum atomic E-state index is -4.97. The molecule has 0 aliphatic carbocycles. The first-order chi connectivity index (χ1) is 14.6. The molecule has 0 radical (unpaired) electrons. The molecule has 0 aliphatic rings. The van der Waals surface area contributed by atoms with Gasteiger partial charge in [-0.2, -0.15) is 0 Å². The number of rotatable bonds is 10. The summed E-state index contributed by atoms with van der Waals surface area (Å²) in [4.78, 5) is 0.872. The van der Waals surface area contributed by atoms with Crippen LogP contribution in [0.2, 0.25) is 0 Å². The van der Waals surface area contributed by atoms with Crippen LogP contribution < -0.4 is 21.3 Å². The minimum Gasteiger partial charge on any atom is -0.744 e. The van der Waals surface area contributed by atoms with Crippen LogP contribution in [0.1, 0.15) is 0 Å². The Kier molecular flexibility index (Phi) is 15.2. The zero-order chi connectivity index (χ0) is 25.5. The lowest BCUT2D eigenvalue weighted by atomic mass is 10.3. The van der Waals surface area contributed by atoms with E-state index in [0.29, 0.717) is 6.07 Å². The van der Waals surface area contributed by atoms with Crippen LogP contribution in [0.3, 0.4) is 0 Å². The standard InChI is InChI=1S/2C7H13N.C6H8N2O6S2/c2*1-4-6-8(3)7-5-2;7-3-1-4(8)6(16(12,13)14)2-5(3)15(9,10)11/h2*4-5H,1-2,6-7H2,3H3;1-2H,7-8H2,(H,9,10,11)(H,12,13,14). The molecule has 0 saturated carbocycles. The van der Waals surface area contributed by atoms with Gasteiger partial charge < -0.3 is 30.4 Å². The molecule has 0 aromatic heterocycles. The molecule has 10 nitrogen and oxygen atoms in total. The molecule has 0 atom stereocenters. The zero-order valence-corrected chi connectivity index (χ0v) is 20.2. The van der Waals surface area contributed by atoms with Gasteiger partial charge >= 0.3 is 0 Å². The van der Waals surface area contributed by atoms with E-state index in [4.69, 9.17) is 11.5 Å². The molecule has 0 spiro atoms. The van der Waals surface area contributed by atoms with Crippen molar-refractivity contribution in [1.29, 1.82) is 0 Å². The summed E-state index contributed by atoms with van der Waals surface area (Å²) >= 11 is 0. The molecule has 0 fully saturated rings. The normalized spacial score (nSPS) is 10.9. The van der Waals surface area contributed by atoms with E-state index in [1.54, 1.807) is 0 Å². The third-order valence-electron chi connectivity index (χ3n) is 3.65. The number of likely N-dealkylation sites (N-methyl/N-ethyl adjacent to an activating group) is 2. The lowest BCUT2D eigenvalue weighted by Gasteiger charge is -2.15. The van der Waals surface area contributed by atoms with E-state index in [9.17, 15) is 25.9 Å². The van der Waals surface area contributed by atoms with Crippen LogP contribution in [0.4, 0.5) is 11.4 Å². The van der Waals surface area contributed by atoms with E-state index < -0.39 is 41.4 Å². The van der Waals surface area contributed by atoms with E-state index >= 15 is 0 Å². The Bertz CT molecular complexity index is 881. The molecular formula is C20H34N4O6S2. The van der Waals surface area contributed by atoms with Gasteiger partial charge in [0.15, 0.2) is 0 Å². The summed E-state index contributed by atoms with van der Waals surface area (Å²) in [6.07, 6.45) is 7.66. The van der Waals surface area contributed by atoms with Gasteiger partial charge in [0, 0.05) is 0 Å². The molecule has 1 aromatic carbocycles. The van der Waals surface area contributed by atoms with Crippen LogP contribution in [0.25, 0.3) is 0 Å². The number of nitrogens with one attached hydrogen (secondary N) is 2. The second-order valence-corrected chi connectivity index (χ2v) is 9.42. The van der Waals surface area contributed by atoms with E-state index in [-0.39, 0.29) is 0 Å². The highest BCUT2D eigenvalue weighted by molar-refractivity contribution is 7.86. The fraction of sp³-hybridized carbons (Fsp3) is 0.300. The first-order valence-corrected chi connectivity index (χ1v) is 12.1. The number of hydrogen-bond acceptors (Lipinski definition) is 8. The molecule has 0 unspecified atom stereocenters. The maximum Gasteiger partial charge on any atom is 0.126 e. The molecule has 12 heteroatoms. The molecule has 32 heavy (non-hydrogen) atoms. The Morgan fingerprint density at radius 3 is 1.16 bits per heavy atom. The highest BCUT2D eigenvalue weighted by atomic mass is 32.2. The summed E-state index contributed by atoms with van der Waals surface area (Å²) in [5.41, 5.74) is 9.30. The summed E-state index contributed by atoms with van der Waals surface area (Å²) < 4.78 is 64.0. The van der Waals surface area contributed by atoms with Gasteiger partial charge in [-0.25, -0.2) is 16.8 Å². The van der Waals surface area contributed by atoms with Gasteiger partial charge in [-0.05, 0) is 36.4 Å². The van der Waals surface area contributed by atoms with Gasteiger partial charge in [0.25, 0.3) is 0 Å². The van der Waals surface area contributed by atoms with Gasteiger partial charge in [0.05, 0.1) is 61.4 Å². The number of quaternary nitrogens is 2. The van der Waals surface area contributed by atoms with Crippen molar-refractivity contribution in [3.05, 3.63) is 62.8 Å². The second-order valence-electron chi connectivity index (χ2n) is 6.72. The number of nitrogens with two attached hydrogens (primary N) is 2. The van der Waals surface area contributed by atoms with E-state index in [2.05, 4.69) is 40.4 Å². The molecule has 0 bridgehead atoms. The Morgan fingerprint density at radius 1 is 0.719 bits per heavy atom. The molecule has 0 saturated heterocycles. The molecule has 0 heterocycles. The first-order valence-electron chi connectivity index (χ1n) is 9.32. The third-order valence-corrected chi connectivity index (χ3v) is 5.44. The Labute approximate surface area is 191 Å². The van der Waals surface area contributed by atoms with Crippen molar-refractivity contribution in [2.45, 2.75) is 9.79 Å². The van der Waals surface area contributed by atoms with Crippen molar-refractivity contribution in [3.8, 4) is 0 Å².